The summed E-state index contributed by atoms with van der Waals surface area (Å²) in [5.74, 6) is 0.445. The van der Waals surface area contributed by atoms with Crippen LogP contribution in [0.1, 0.15) is 26.3 Å². The lowest BCUT2D eigenvalue weighted by Crippen LogP contribution is -2.31. The summed E-state index contributed by atoms with van der Waals surface area (Å²) >= 11 is 0. The van der Waals surface area contributed by atoms with Crippen molar-refractivity contribution in [2.45, 2.75) is 31.1 Å². The second kappa shape index (κ2) is 8.07. The van der Waals surface area contributed by atoms with Crippen molar-refractivity contribution in [3.05, 3.63) is 60.2 Å². The third-order valence-electron chi connectivity index (χ3n) is 4.16. The number of hydrogen-bond donors (Lipinski definition) is 2. The first-order chi connectivity index (χ1) is 13.3. The maximum absolute atomic E-state index is 12.8. The fraction of sp³-hybridized carbons (Fsp3) is 0.316. The summed E-state index contributed by atoms with van der Waals surface area (Å²) in [5.41, 5.74) is 1.32. The van der Waals surface area contributed by atoms with E-state index in [-0.39, 0.29) is 12.0 Å². The van der Waals surface area contributed by atoms with Crippen molar-refractivity contribution in [1.29, 1.82) is 0 Å². The Balaban J connectivity index is 1.65. The van der Waals surface area contributed by atoms with Gasteiger partial charge < -0.3 is 5.32 Å². The summed E-state index contributed by atoms with van der Waals surface area (Å²) in [5, 5.41) is 14.6. The van der Waals surface area contributed by atoms with E-state index in [9.17, 15) is 8.42 Å². The van der Waals surface area contributed by atoms with Crippen LogP contribution in [0.2, 0.25) is 0 Å². The van der Waals surface area contributed by atoms with Crippen LogP contribution in [0.25, 0.3) is 5.69 Å². The van der Waals surface area contributed by atoms with Gasteiger partial charge in [-0.15, -0.1) is 0 Å². The number of anilines is 1. The number of nitrogens with one attached hydrogen (secondary N) is 2. The predicted molar refractivity (Wildman–Crippen MR) is 108 cm³/mol. The first-order valence-electron chi connectivity index (χ1n) is 8.96. The van der Waals surface area contributed by atoms with E-state index in [1.807, 2.05) is 63.2 Å². The summed E-state index contributed by atoms with van der Waals surface area (Å²) in [6.07, 6.45) is 0. The number of para-hydroxylation sites is 1. The van der Waals surface area contributed by atoms with Gasteiger partial charge in [-0.05, 0) is 39.6 Å². The average Bonchev–Trinajstić information content (AvgIpc) is 3.14. The monoisotopic (exact) mass is 400 g/mol. The van der Waals surface area contributed by atoms with E-state index < -0.39 is 10.0 Å². The van der Waals surface area contributed by atoms with Crippen LogP contribution in [0, 0.1) is 0 Å². The Bertz CT molecular complexity index is 1030. The number of hydrogen-bond acceptors (Lipinski definition) is 6. The van der Waals surface area contributed by atoms with Crippen molar-refractivity contribution < 1.29 is 8.42 Å². The van der Waals surface area contributed by atoms with Gasteiger partial charge in [-0.3, -0.25) is 0 Å². The standard InChI is InChI=1S/C19H24N6O2S/c1-19(2,3)16-11-7-8-12-17(16)28(26,27)21-14-13-20-18-22-23-24-25(18)15-9-5-4-6-10-15/h4-12,21H,13-14H2,1-3H3,(H,20,22,24). The van der Waals surface area contributed by atoms with Crippen LogP contribution >= 0.6 is 0 Å². The Morgan fingerprint density at radius 1 is 0.964 bits per heavy atom. The molecule has 148 valence electrons. The van der Waals surface area contributed by atoms with E-state index in [1.165, 1.54) is 0 Å². The summed E-state index contributed by atoms with van der Waals surface area (Å²) in [7, 11) is -3.63. The molecule has 0 spiro atoms. The topological polar surface area (TPSA) is 102 Å². The maximum atomic E-state index is 12.8. The van der Waals surface area contributed by atoms with Gasteiger partial charge in [0.15, 0.2) is 0 Å². The molecule has 1 aromatic heterocycles. The molecule has 0 bridgehead atoms. The third-order valence-corrected chi connectivity index (χ3v) is 5.67. The van der Waals surface area contributed by atoms with Gasteiger partial charge >= 0.3 is 0 Å². The van der Waals surface area contributed by atoms with E-state index in [0.717, 1.165) is 11.3 Å². The van der Waals surface area contributed by atoms with E-state index >= 15 is 0 Å². The molecule has 2 aromatic carbocycles. The van der Waals surface area contributed by atoms with Gasteiger partial charge in [0.05, 0.1) is 10.6 Å². The SMILES string of the molecule is CC(C)(C)c1ccccc1S(=O)(=O)NCCNc1nnnn1-c1ccccc1. The normalized spacial score (nSPS) is 12.1. The highest BCUT2D eigenvalue weighted by molar-refractivity contribution is 7.89. The van der Waals surface area contributed by atoms with Crippen LogP contribution in [-0.4, -0.2) is 41.7 Å². The maximum Gasteiger partial charge on any atom is 0.247 e. The molecule has 0 atom stereocenters. The van der Waals surface area contributed by atoms with Crippen molar-refractivity contribution in [3.8, 4) is 5.69 Å². The molecule has 0 unspecified atom stereocenters. The quantitative estimate of drug-likeness (QED) is 0.590. The van der Waals surface area contributed by atoms with Gasteiger partial charge in [-0.1, -0.05) is 62.3 Å². The van der Waals surface area contributed by atoms with Crippen molar-refractivity contribution in [2.75, 3.05) is 18.4 Å². The highest BCUT2D eigenvalue weighted by Crippen LogP contribution is 2.28. The highest BCUT2D eigenvalue weighted by Gasteiger charge is 2.24. The van der Waals surface area contributed by atoms with Gasteiger partial charge in [0.1, 0.15) is 0 Å². The number of benzene rings is 2. The van der Waals surface area contributed by atoms with Crippen molar-refractivity contribution >= 4 is 16.0 Å². The van der Waals surface area contributed by atoms with E-state index in [4.69, 9.17) is 0 Å². The molecule has 0 aliphatic rings. The molecule has 0 radical (unpaired) electrons. The minimum atomic E-state index is -3.63. The molecule has 3 rings (SSSR count). The molecule has 8 nitrogen and oxygen atoms in total. The van der Waals surface area contributed by atoms with Crippen molar-refractivity contribution in [1.82, 2.24) is 24.9 Å². The van der Waals surface area contributed by atoms with Crippen molar-refractivity contribution in [2.24, 2.45) is 0 Å². The zero-order valence-electron chi connectivity index (χ0n) is 16.1. The second-order valence-corrected chi connectivity index (χ2v) is 9.06. The molecule has 28 heavy (non-hydrogen) atoms. The van der Waals surface area contributed by atoms with Gasteiger partial charge in [-0.25, -0.2) is 13.1 Å². The molecule has 0 aliphatic carbocycles. The molecule has 0 amide bonds. The zero-order valence-corrected chi connectivity index (χ0v) is 16.9. The van der Waals surface area contributed by atoms with Gasteiger partial charge in [-0.2, -0.15) is 4.68 Å². The van der Waals surface area contributed by atoms with Crippen LogP contribution in [0.3, 0.4) is 0 Å². The summed E-state index contributed by atoms with van der Waals surface area (Å²) < 4.78 is 29.7. The lowest BCUT2D eigenvalue weighted by molar-refractivity contribution is 0.555. The fourth-order valence-corrected chi connectivity index (χ4v) is 4.25. The Labute approximate surface area is 165 Å². The molecular formula is C19H24N6O2S. The van der Waals surface area contributed by atoms with E-state index in [0.29, 0.717) is 17.4 Å². The summed E-state index contributed by atoms with van der Waals surface area (Å²) in [6, 6.07) is 16.5. The zero-order chi connectivity index (χ0) is 20.2. The first kappa shape index (κ1) is 20.0. The minimum Gasteiger partial charge on any atom is -0.351 e. The molecule has 0 saturated carbocycles. The van der Waals surface area contributed by atoms with Crippen LogP contribution in [0.5, 0.6) is 0 Å². The van der Waals surface area contributed by atoms with Crippen LogP contribution < -0.4 is 10.0 Å². The third kappa shape index (κ3) is 4.55. The predicted octanol–water partition coefficient (Wildman–Crippen LogP) is 2.35. The smallest absolute Gasteiger partial charge is 0.247 e. The Hall–Kier alpha value is -2.78. The Morgan fingerprint density at radius 2 is 1.64 bits per heavy atom. The summed E-state index contributed by atoms with van der Waals surface area (Å²) in [4.78, 5) is 0.302. The van der Waals surface area contributed by atoms with Gasteiger partial charge in [0.25, 0.3) is 0 Å². The minimum absolute atomic E-state index is 0.197. The molecule has 2 N–H and O–H groups in total. The van der Waals surface area contributed by atoms with Gasteiger partial charge in [0, 0.05) is 13.1 Å². The molecule has 3 aromatic rings. The molecule has 0 aliphatic heterocycles. The van der Waals surface area contributed by atoms with Crippen LogP contribution in [0.4, 0.5) is 5.95 Å². The molecule has 0 fully saturated rings. The van der Waals surface area contributed by atoms with Crippen LogP contribution in [-0.2, 0) is 15.4 Å². The lowest BCUT2D eigenvalue weighted by Gasteiger charge is -2.22. The Morgan fingerprint density at radius 3 is 2.36 bits per heavy atom. The van der Waals surface area contributed by atoms with Crippen molar-refractivity contribution in [3.63, 3.8) is 0 Å². The van der Waals surface area contributed by atoms with E-state index in [2.05, 4.69) is 25.6 Å². The average molecular weight is 401 g/mol. The Kier molecular flexibility index (Phi) is 5.76. The van der Waals surface area contributed by atoms with Crippen LogP contribution in [0.15, 0.2) is 59.5 Å². The highest BCUT2D eigenvalue weighted by atomic mass is 32.2. The number of sulfonamides is 1. The molecule has 1 heterocycles. The number of rotatable bonds is 7. The largest absolute Gasteiger partial charge is 0.351 e. The first-order valence-corrected chi connectivity index (χ1v) is 10.4. The molecule has 9 heteroatoms. The molecular weight excluding hydrogens is 376 g/mol. The fourth-order valence-electron chi connectivity index (χ4n) is 2.80. The molecule has 0 saturated heterocycles. The number of tetrazole rings is 1. The number of nitrogens with zero attached hydrogens (tertiary/aromatic N) is 4. The van der Waals surface area contributed by atoms with Gasteiger partial charge in [0.2, 0.25) is 16.0 Å². The number of aromatic nitrogens is 4. The van der Waals surface area contributed by atoms with E-state index in [1.54, 1.807) is 16.8 Å². The summed E-state index contributed by atoms with van der Waals surface area (Å²) in [6.45, 7) is 6.51. The second-order valence-electron chi connectivity index (χ2n) is 7.32. The lowest BCUT2D eigenvalue weighted by atomic mass is 9.87.